The van der Waals surface area contributed by atoms with Crippen molar-refractivity contribution in [2.45, 2.75) is 18.4 Å². The third kappa shape index (κ3) is 3.88. The highest BCUT2D eigenvalue weighted by atomic mass is 35.5. The van der Waals surface area contributed by atoms with Crippen molar-refractivity contribution in [3.8, 4) is 0 Å². The van der Waals surface area contributed by atoms with Crippen molar-refractivity contribution in [2.24, 2.45) is 0 Å². The van der Waals surface area contributed by atoms with Gasteiger partial charge in [-0.15, -0.1) is 0 Å². The first-order valence-corrected chi connectivity index (χ1v) is 10.6. The second-order valence-electron chi connectivity index (χ2n) is 6.57. The second-order valence-corrected chi connectivity index (χ2v) is 8.69. The molecule has 7 heteroatoms. The number of fused-ring (bicyclic) bond motifs is 1. The number of nitrogens with one attached hydrogen (secondary N) is 1. The van der Waals surface area contributed by atoms with Gasteiger partial charge >= 0.3 is 0 Å². The fraction of sp³-hybridized carbons (Fsp3) is 0.0952. The van der Waals surface area contributed by atoms with Gasteiger partial charge in [0.1, 0.15) is 0 Å². The third-order valence-electron chi connectivity index (χ3n) is 4.50. The average Bonchev–Trinajstić information content (AvgIpc) is 3.01. The van der Waals surface area contributed by atoms with E-state index in [-0.39, 0.29) is 4.90 Å². The first-order valence-electron chi connectivity index (χ1n) is 8.71. The molecule has 4 aromatic rings. The summed E-state index contributed by atoms with van der Waals surface area (Å²) in [5.41, 5.74) is 1.88. The van der Waals surface area contributed by atoms with Gasteiger partial charge in [0.25, 0.3) is 10.0 Å². The monoisotopic (exact) mass is 411 g/mol. The van der Waals surface area contributed by atoms with Gasteiger partial charge in [-0.2, -0.15) is 5.10 Å². The highest BCUT2D eigenvalue weighted by Gasteiger charge is 2.17. The molecule has 5 nitrogen and oxygen atoms in total. The van der Waals surface area contributed by atoms with Crippen LogP contribution < -0.4 is 4.72 Å². The Hall–Kier alpha value is -2.83. The summed E-state index contributed by atoms with van der Waals surface area (Å²) >= 11 is 5.92. The number of nitrogens with zero attached hydrogens (tertiary/aromatic N) is 2. The van der Waals surface area contributed by atoms with Crippen LogP contribution >= 0.6 is 11.6 Å². The Morgan fingerprint density at radius 3 is 2.43 bits per heavy atom. The van der Waals surface area contributed by atoms with E-state index in [2.05, 4.69) is 9.82 Å². The minimum absolute atomic E-state index is 0.205. The molecule has 0 bridgehead atoms. The molecule has 0 unspecified atom stereocenters. The molecule has 28 heavy (non-hydrogen) atoms. The Kier molecular flexibility index (Phi) is 4.83. The molecule has 0 spiro atoms. The number of aryl methyl sites for hydroxylation is 1. The number of benzene rings is 3. The summed E-state index contributed by atoms with van der Waals surface area (Å²) in [6, 6.07) is 21.9. The second kappa shape index (κ2) is 7.30. The van der Waals surface area contributed by atoms with Gasteiger partial charge in [0.2, 0.25) is 0 Å². The predicted molar refractivity (Wildman–Crippen MR) is 112 cm³/mol. The van der Waals surface area contributed by atoms with Crippen LogP contribution in [0.15, 0.2) is 77.7 Å². The molecule has 0 fully saturated rings. The van der Waals surface area contributed by atoms with Crippen LogP contribution in [0, 0.1) is 6.92 Å². The summed E-state index contributed by atoms with van der Waals surface area (Å²) in [7, 11) is -3.73. The summed E-state index contributed by atoms with van der Waals surface area (Å²) in [5, 5.41) is 6.93. The van der Waals surface area contributed by atoms with Crippen molar-refractivity contribution in [1.29, 1.82) is 0 Å². The molecule has 0 aliphatic heterocycles. The largest absolute Gasteiger partial charge is 0.263 e. The van der Waals surface area contributed by atoms with Crippen LogP contribution in [0.3, 0.4) is 0 Å². The van der Waals surface area contributed by atoms with Crippen LogP contribution in [-0.4, -0.2) is 18.2 Å². The van der Waals surface area contributed by atoms with E-state index in [1.54, 1.807) is 28.9 Å². The fourth-order valence-corrected chi connectivity index (χ4v) is 4.16. The number of aromatic nitrogens is 2. The van der Waals surface area contributed by atoms with Gasteiger partial charge in [-0.05, 0) is 47.5 Å². The Morgan fingerprint density at radius 1 is 0.964 bits per heavy atom. The van der Waals surface area contributed by atoms with Crippen LogP contribution in [0.4, 0.5) is 5.82 Å². The van der Waals surface area contributed by atoms with Gasteiger partial charge in [0.15, 0.2) is 5.82 Å². The van der Waals surface area contributed by atoms with Crippen molar-refractivity contribution in [3.63, 3.8) is 0 Å². The number of hydrogen-bond acceptors (Lipinski definition) is 3. The minimum Gasteiger partial charge on any atom is -0.263 e. The maximum atomic E-state index is 12.8. The summed E-state index contributed by atoms with van der Waals surface area (Å²) in [5.74, 6) is 0.291. The van der Waals surface area contributed by atoms with Crippen molar-refractivity contribution < 1.29 is 8.42 Å². The molecule has 1 N–H and O–H groups in total. The van der Waals surface area contributed by atoms with Crippen LogP contribution in [0.2, 0.25) is 5.02 Å². The first kappa shape index (κ1) is 18.5. The van der Waals surface area contributed by atoms with E-state index in [1.807, 2.05) is 55.5 Å². The van der Waals surface area contributed by atoms with Crippen LogP contribution in [-0.2, 0) is 16.6 Å². The summed E-state index contributed by atoms with van der Waals surface area (Å²) < 4.78 is 29.9. The van der Waals surface area contributed by atoms with E-state index in [9.17, 15) is 8.42 Å². The van der Waals surface area contributed by atoms with E-state index in [1.165, 1.54) is 0 Å². The lowest BCUT2D eigenvalue weighted by atomic mass is 10.1. The predicted octanol–water partition coefficient (Wildman–Crippen LogP) is 4.85. The first-order chi connectivity index (χ1) is 13.4. The molecule has 142 valence electrons. The highest BCUT2D eigenvalue weighted by Crippen LogP contribution is 2.22. The summed E-state index contributed by atoms with van der Waals surface area (Å²) in [6.45, 7) is 2.41. The molecule has 3 aromatic carbocycles. The number of anilines is 1. The molecule has 0 amide bonds. The van der Waals surface area contributed by atoms with Crippen molar-refractivity contribution in [1.82, 2.24) is 9.78 Å². The molecule has 0 aliphatic rings. The fourth-order valence-electron chi connectivity index (χ4n) is 3.01. The van der Waals surface area contributed by atoms with Crippen LogP contribution in [0.1, 0.15) is 11.3 Å². The van der Waals surface area contributed by atoms with Gasteiger partial charge in [-0.1, -0.05) is 54.1 Å². The smallest absolute Gasteiger partial charge is 0.263 e. The number of halogens is 1. The quantitative estimate of drug-likeness (QED) is 0.510. The normalized spacial score (nSPS) is 11.6. The summed E-state index contributed by atoms with van der Waals surface area (Å²) in [4.78, 5) is 0.205. The Balaban J connectivity index is 1.58. The molecule has 1 heterocycles. The topological polar surface area (TPSA) is 64.0 Å². The Bertz CT molecular complexity index is 1250. The third-order valence-corrected chi connectivity index (χ3v) is 6.10. The van der Waals surface area contributed by atoms with Gasteiger partial charge in [0, 0.05) is 16.8 Å². The molecule has 0 atom stereocenters. The average molecular weight is 412 g/mol. The lowest BCUT2D eigenvalue weighted by Crippen LogP contribution is -2.14. The Morgan fingerprint density at radius 2 is 1.68 bits per heavy atom. The maximum Gasteiger partial charge on any atom is 0.263 e. The number of rotatable bonds is 5. The molecule has 0 saturated heterocycles. The van der Waals surface area contributed by atoms with Gasteiger partial charge in [-0.3, -0.25) is 9.40 Å². The Labute approximate surface area is 168 Å². The van der Waals surface area contributed by atoms with Crippen LogP contribution in [0.25, 0.3) is 10.8 Å². The van der Waals surface area contributed by atoms with Gasteiger partial charge in [-0.25, -0.2) is 8.42 Å². The lowest BCUT2D eigenvalue weighted by Gasteiger charge is -2.07. The minimum atomic E-state index is -3.73. The number of sulfonamides is 1. The van der Waals surface area contributed by atoms with Gasteiger partial charge < -0.3 is 0 Å². The molecular weight excluding hydrogens is 394 g/mol. The standard InChI is InChI=1S/C21H18ClN3O2S/c1-15-12-21(23-25(15)14-16-6-9-19(22)10-7-16)24-28(26,27)20-11-8-17-4-2-3-5-18(17)13-20/h2-13H,14H2,1H3,(H,23,24). The van der Waals surface area contributed by atoms with Crippen LogP contribution in [0.5, 0.6) is 0 Å². The van der Waals surface area contributed by atoms with Gasteiger partial charge in [0.05, 0.1) is 11.4 Å². The van der Waals surface area contributed by atoms with E-state index in [0.29, 0.717) is 17.4 Å². The molecule has 1 aromatic heterocycles. The van der Waals surface area contributed by atoms with E-state index in [0.717, 1.165) is 22.0 Å². The summed E-state index contributed by atoms with van der Waals surface area (Å²) in [6.07, 6.45) is 0. The molecule has 0 saturated carbocycles. The van der Waals surface area contributed by atoms with E-state index in [4.69, 9.17) is 11.6 Å². The zero-order valence-corrected chi connectivity index (χ0v) is 16.7. The molecule has 0 aliphatic carbocycles. The zero-order valence-electron chi connectivity index (χ0n) is 15.1. The van der Waals surface area contributed by atoms with E-state index >= 15 is 0 Å². The zero-order chi connectivity index (χ0) is 19.7. The SMILES string of the molecule is Cc1cc(NS(=O)(=O)c2ccc3ccccc3c2)nn1Cc1ccc(Cl)cc1. The molecule has 0 radical (unpaired) electrons. The maximum absolute atomic E-state index is 12.8. The highest BCUT2D eigenvalue weighted by molar-refractivity contribution is 7.92. The van der Waals surface area contributed by atoms with Crippen molar-refractivity contribution in [2.75, 3.05) is 4.72 Å². The molecule has 4 rings (SSSR count). The lowest BCUT2D eigenvalue weighted by molar-refractivity contribution is 0.600. The van der Waals surface area contributed by atoms with E-state index < -0.39 is 10.0 Å². The van der Waals surface area contributed by atoms with Crippen molar-refractivity contribution >= 4 is 38.2 Å². The van der Waals surface area contributed by atoms with Crippen molar-refractivity contribution in [3.05, 3.63) is 89.1 Å². The number of hydrogen-bond donors (Lipinski definition) is 1. The molecular formula is C21H18ClN3O2S.